The minimum Gasteiger partial charge on any atom is -0.339 e. The van der Waals surface area contributed by atoms with E-state index in [1.54, 1.807) is 6.20 Å². The summed E-state index contributed by atoms with van der Waals surface area (Å²) in [6, 6.07) is 0. The minimum absolute atomic E-state index is 0.0921. The SMILES string of the molecule is Cn1ncc(C(=O)N2CCC(c3nc(C4CC4)no3)C2)c1C1CC1. The van der Waals surface area contributed by atoms with Crippen LogP contribution in [0.2, 0.25) is 0 Å². The van der Waals surface area contributed by atoms with Crippen LogP contribution in [0.4, 0.5) is 0 Å². The third-order valence-electron chi connectivity index (χ3n) is 5.40. The third kappa shape index (κ3) is 2.34. The van der Waals surface area contributed by atoms with E-state index in [2.05, 4.69) is 15.2 Å². The normalized spacial score (nSPS) is 23.9. The number of hydrogen-bond donors (Lipinski definition) is 0. The van der Waals surface area contributed by atoms with Gasteiger partial charge in [0.25, 0.3) is 5.91 Å². The summed E-state index contributed by atoms with van der Waals surface area (Å²) >= 11 is 0. The zero-order valence-electron chi connectivity index (χ0n) is 13.8. The number of likely N-dealkylation sites (tertiary alicyclic amines) is 1. The van der Waals surface area contributed by atoms with Gasteiger partial charge in [0.05, 0.1) is 23.4 Å². The first-order valence-corrected chi connectivity index (χ1v) is 8.85. The number of carbonyl (C=O) groups excluding carboxylic acids is 1. The van der Waals surface area contributed by atoms with Crippen LogP contribution < -0.4 is 0 Å². The summed E-state index contributed by atoms with van der Waals surface area (Å²) in [5.41, 5.74) is 1.86. The lowest BCUT2D eigenvalue weighted by molar-refractivity contribution is 0.0788. The molecule has 5 rings (SSSR count). The van der Waals surface area contributed by atoms with E-state index in [1.807, 2.05) is 16.6 Å². The Morgan fingerprint density at radius 3 is 2.71 bits per heavy atom. The first-order chi connectivity index (χ1) is 11.7. The lowest BCUT2D eigenvalue weighted by atomic mass is 10.1. The second-order valence-electron chi connectivity index (χ2n) is 7.34. The van der Waals surface area contributed by atoms with E-state index >= 15 is 0 Å². The molecule has 7 heteroatoms. The van der Waals surface area contributed by atoms with Gasteiger partial charge in [0.2, 0.25) is 5.89 Å². The number of aromatic nitrogens is 4. The largest absolute Gasteiger partial charge is 0.339 e. The van der Waals surface area contributed by atoms with Crippen molar-refractivity contribution in [2.45, 2.75) is 49.9 Å². The number of nitrogens with zero attached hydrogens (tertiary/aromatic N) is 5. The van der Waals surface area contributed by atoms with Crippen LogP contribution in [0.5, 0.6) is 0 Å². The maximum Gasteiger partial charge on any atom is 0.257 e. The van der Waals surface area contributed by atoms with E-state index in [0.717, 1.165) is 42.9 Å². The highest BCUT2D eigenvalue weighted by Crippen LogP contribution is 2.42. The molecular weight excluding hydrogens is 306 g/mol. The molecular formula is C17H21N5O2. The highest BCUT2D eigenvalue weighted by Gasteiger charge is 2.37. The number of hydrogen-bond acceptors (Lipinski definition) is 5. The lowest BCUT2D eigenvalue weighted by Gasteiger charge is -2.16. The van der Waals surface area contributed by atoms with Crippen molar-refractivity contribution >= 4 is 5.91 Å². The van der Waals surface area contributed by atoms with E-state index in [1.165, 1.54) is 12.8 Å². The molecule has 1 atom stereocenters. The number of rotatable bonds is 4. The fourth-order valence-electron chi connectivity index (χ4n) is 3.69. The van der Waals surface area contributed by atoms with Crippen molar-refractivity contribution in [1.29, 1.82) is 0 Å². The zero-order valence-corrected chi connectivity index (χ0v) is 13.8. The van der Waals surface area contributed by atoms with Crippen LogP contribution in [0.1, 0.15) is 77.6 Å². The van der Waals surface area contributed by atoms with E-state index in [4.69, 9.17) is 4.52 Å². The summed E-state index contributed by atoms with van der Waals surface area (Å²) in [7, 11) is 1.93. The molecule has 0 aromatic carbocycles. The molecule has 0 N–H and O–H groups in total. The van der Waals surface area contributed by atoms with Crippen molar-refractivity contribution in [1.82, 2.24) is 24.8 Å². The standard InChI is InChI=1S/C17H21N5O2/c1-21-14(10-2-3-10)13(8-18-21)17(23)22-7-6-12(9-22)16-19-15(20-24-16)11-4-5-11/h8,10-12H,2-7,9H2,1H3. The van der Waals surface area contributed by atoms with E-state index in [0.29, 0.717) is 24.3 Å². The fraction of sp³-hybridized carbons (Fsp3) is 0.647. The second-order valence-corrected chi connectivity index (χ2v) is 7.34. The summed E-state index contributed by atoms with van der Waals surface area (Å²) < 4.78 is 7.30. The maximum absolute atomic E-state index is 12.9. The molecule has 3 heterocycles. The maximum atomic E-state index is 12.9. The Labute approximate surface area is 140 Å². The van der Waals surface area contributed by atoms with Crippen molar-refractivity contribution in [2.24, 2.45) is 7.05 Å². The summed E-state index contributed by atoms with van der Waals surface area (Å²) in [6.45, 7) is 1.40. The summed E-state index contributed by atoms with van der Waals surface area (Å²) in [5, 5.41) is 8.40. The third-order valence-corrected chi connectivity index (χ3v) is 5.40. The molecule has 1 aliphatic heterocycles. The highest BCUT2D eigenvalue weighted by molar-refractivity contribution is 5.95. The van der Waals surface area contributed by atoms with Gasteiger partial charge in [-0.25, -0.2) is 0 Å². The monoisotopic (exact) mass is 327 g/mol. The number of amides is 1. The van der Waals surface area contributed by atoms with Gasteiger partial charge in [-0.1, -0.05) is 5.16 Å². The highest BCUT2D eigenvalue weighted by atomic mass is 16.5. The molecule has 2 aromatic rings. The van der Waals surface area contributed by atoms with Crippen molar-refractivity contribution in [3.8, 4) is 0 Å². The van der Waals surface area contributed by atoms with Crippen LogP contribution in [0.3, 0.4) is 0 Å². The predicted molar refractivity (Wildman–Crippen MR) is 84.7 cm³/mol. The van der Waals surface area contributed by atoms with Gasteiger partial charge >= 0.3 is 0 Å². The van der Waals surface area contributed by atoms with Gasteiger partial charge < -0.3 is 9.42 Å². The molecule has 1 unspecified atom stereocenters. The van der Waals surface area contributed by atoms with Gasteiger partial charge in [0.15, 0.2) is 5.82 Å². The molecule has 2 aromatic heterocycles. The smallest absolute Gasteiger partial charge is 0.257 e. The van der Waals surface area contributed by atoms with Gasteiger partial charge in [-0.15, -0.1) is 0 Å². The summed E-state index contributed by atoms with van der Waals surface area (Å²) in [4.78, 5) is 19.4. The van der Waals surface area contributed by atoms with Crippen molar-refractivity contribution in [3.63, 3.8) is 0 Å². The summed E-state index contributed by atoms with van der Waals surface area (Å²) in [6.07, 6.45) is 7.26. The number of aryl methyl sites for hydroxylation is 1. The Kier molecular flexibility index (Phi) is 3.05. The van der Waals surface area contributed by atoms with Gasteiger partial charge in [-0.2, -0.15) is 10.1 Å². The van der Waals surface area contributed by atoms with Crippen LogP contribution in [-0.4, -0.2) is 43.8 Å². The average molecular weight is 327 g/mol. The van der Waals surface area contributed by atoms with Crippen LogP contribution in [0, 0.1) is 0 Å². The van der Waals surface area contributed by atoms with E-state index < -0.39 is 0 Å². The Balaban J connectivity index is 1.32. The van der Waals surface area contributed by atoms with Gasteiger partial charge in [-0.05, 0) is 32.1 Å². The van der Waals surface area contributed by atoms with E-state index in [-0.39, 0.29) is 11.8 Å². The Morgan fingerprint density at radius 1 is 1.17 bits per heavy atom. The number of carbonyl (C=O) groups is 1. The molecule has 126 valence electrons. The van der Waals surface area contributed by atoms with Gasteiger partial charge in [-0.3, -0.25) is 9.48 Å². The molecule has 1 saturated heterocycles. The lowest BCUT2D eigenvalue weighted by Crippen LogP contribution is -2.29. The Hall–Kier alpha value is -2.18. The van der Waals surface area contributed by atoms with E-state index in [9.17, 15) is 4.79 Å². The van der Waals surface area contributed by atoms with Crippen LogP contribution in [-0.2, 0) is 7.05 Å². The van der Waals surface area contributed by atoms with Crippen molar-refractivity contribution in [3.05, 3.63) is 29.2 Å². The molecule has 1 amide bonds. The first-order valence-electron chi connectivity index (χ1n) is 8.85. The molecule has 3 fully saturated rings. The topological polar surface area (TPSA) is 77.1 Å². The van der Waals surface area contributed by atoms with Crippen LogP contribution in [0.25, 0.3) is 0 Å². The summed E-state index contributed by atoms with van der Waals surface area (Å²) in [5.74, 6) is 2.80. The molecule has 0 spiro atoms. The average Bonchev–Trinajstić information content (AvgIpc) is 3.47. The second kappa shape index (κ2) is 5.16. The first kappa shape index (κ1) is 14.2. The van der Waals surface area contributed by atoms with Crippen LogP contribution >= 0.6 is 0 Å². The van der Waals surface area contributed by atoms with Crippen LogP contribution in [0.15, 0.2) is 10.7 Å². The van der Waals surface area contributed by atoms with Crippen molar-refractivity contribution < 1.29 is 9.32 Å². The Morgan fingerprint density at radius 2 is 1.96 bits per heavy atom. The molecule has 2 aliphatic carbocycles. The molecule has 2 saturated carbocycles. The fourth-order valence-corrected chi connectivity index (χ4v) is 3.69. The molecule has 24 heavy (non-hydrogen) atoms. The minimum atomic E-state index is 0.0921. The molecule has 7 nitrogen and oxygen atoms in total. The molecule has 3 aliphatic rings. The molecule has 0 radical (unpaired) electrons. The Bertz CT molecular complexity index is 787. The quantitative estimate of drug-likeness (QED) is 0.860. The van der Waals surface area contributed by atoms with Gasteiger partial charge in [0.1, 0.15) is 0 Å². The zero-order chi connectivity index (χ0) is 16.3. The molecule has 0 bridgehead atoms. The van der Waals surface area contributed by atoms with Gasteiger partial charge in [0, 0.05) is 32.0 Å². The van der Waals surface area contributed by atoms with Crippen molar-refractivity contribution in [2.75, 3.05) is 13.1 Å². The predicted octanol–water partition coefficient (Wildman–Crippen LogP) is 2.19.